The lowest BCUT2D eigenvalue weighted by Crippen LogP contribution is -2.42. The minimum atomic E-state index is -4.15. The van der Waals surface area contributed by atoms with Gasteiger partial charge in [-0.05, 0) is 12.8 Å². The Bertz CT molecular complexity index is 409. The molecule has 0 aromatic carbocycles. The highest BCUT2D eigenvalue weighted by atomic mass is 19.4. The zero-order valence-electron chi connectivity index (χ0n) is 9.61. The Hall–Kier alpha value is -1.57. The Balaban J connectivity index is 2.13. The molecule has 2 heterocycles. The number of alkyl halides is 3. The van der Waals surface area contributed by atoms with Crippen molar-refractivity contribution in [3.63, 3.8) is 0 Å². The Kier molecular flexibility index (Phi) is 3.55. The topological polar surface area (TPSA) is 67.1 Å². The van der Waals surface area contributed by atoms with Crippen molar-refractivity contribution in [3.05, 3.63) is 12.4 Å². The van der Waals surface area contributed by atoms with Crippen LogP contribution in [0.3, 0.4) is 0 Å². The SMILES string of the molecule is NNc1cc(N2CCCC(C(F)(F)F)C2)ncn1. The van der Waals surface area contributed by atoms with Crippen LogP contribution in [0, 0.1) is 5.92 Å². The number of nitrogens with one attached hydrogen (secondary N) is 1. The van der Waals surface area contributed by atoms with E-state index < -0.39 is 12.1 Å². The van der Waals surface area contributed by atoms with Crippen molar-refractivity contribution in [2.24, 2.45) is 11.8 Å². The molecular formula is C10H14F3N5. The van der Waals surface area contributed by atoms with Gasteiger partial charge < -0.3 is 10.3 Å². The van der Waals surface area contributed by atoms with Gasteiger partial charge in [-0.1, -0.05) is 0 Å². The summed E-state index contributed by atoms with van der Waals surface area (Å²) in [5, 5.41) is 0. The molecule has 8 heteroatoms. The average molecular weight is 261 g/mol. The predicted octanol–water partition coefficient (Wildman–Crippen LogP) is 1.54. The fraction of sp³-hybridized carbons (Fsp3) is 0.600. The van der Waals surface area contributed by atoms with Crippen molar-refractivity contribution in [1.29, 1.82) is 0 Å². The molecule has 1 aliphatic heterocycles. The smallest absolute Gasteiger partial charge is 0.356 e. The lowest BCUT2D eigenvalue weighted by molar-refractivity contribution is -0.176. The summed E-state index contributed by atoms with van der Waals surface area (Å²) in [6.07, 6.45) is -2.20. The van der Waals surface area contributed by atoms with Gasteiger partial charge >= 0.3 is 6.18 Å². The molecular weight excluding hydrogens is 247 g/mol. The highest BCUT2D eigenvalue weighted by Crippen LogP contribution is 2.34. The van der Waals surface area contributed by atoms with Crippen molar-refractivity contribution in [3.8, 4) is 0 Å². The molecule has 1 aromatic heterocycles. The van der Waals surface area contributed by atoms with Crippen molar-refractivity contribution >= 4 is 11.6 Å². The van der Waals surface area contributed by atoms with Crippen LogP contribution in [0.25, 0.3) is 0 Å². The Morgan fingerprint density at radius 2 is 2.17 bits per heavy atom. The molecule has 1 fully saturated rings. The maximum Gasteiger partial charge on any atom is 0.393 e. The first-order valence-electron chi connectivity index (χ1n) is 5.61. The fourth-order valence-electron chi connectivity index (χ4n) is 2.05. The molecule has 2 rings (SSSR count). The summed E-state index contributed by atoms with van der Waals surface area (Å²) < 4.78 is 38.1. The molecule has 0 bridgehead atoms. The number of aromatic nitrogens is 2. The number of anilines is 2. The van der Waals surface area contributed by atoms with Gasteiger partial charge in [0, 0.05) is 19.2 Å². The summed E-state index contributed by atoms with van der Waals surface area (Å²) in [6.45, 7) is 0.498. The van der Waals surface area contributed by atoms with E-state index in [1.807, 2.05) is 0 Å². The first-order valence-corrected chi connectivity index (χ1v) is 5.61. The molecule has 1 aromatic rings. The number of hydrazine groups is 1. The van der Waals surface area contributed by atoms with E-state index in [0.29, 0.717) is 24.6 Å². The normalized spacial score (nSPS) is 20.9. The summed E-state index contributed by atoms with van der Waals surface area (Å²) >= 11 is 0. The van der Waals surface area contributed by atoms with Crippen LogP contribution in [0.5, 0.6) is 0 Å². The Morgan fingerprint density at radius 1 is 1.39 bits per heavy atom. The summed E-state index contributed by atoms with van der Waals surface area (Å²) in [4.78, 5) is 9.42. The Labute approximate surface area is 102 Å². The molecule has 0 radical (unpaired) electrons. The third-order valence-electron chi connectivity index (χ3n) is 3.01. The molecule has 1 saturated heterocycles. The zero-order valence-corrected chi connectivity index (χ0v) is 9.61. The Morgan fingerprint density at radius 3 is 2.83 bits per heavy atom. The number of nitrogens with two attached hydrogens (primary N) is 1. The van der Waals surface area contributed by atoms with Crippen molar-refractivity contribution in [2.75, 3.05) is 23.4 Å². The van der Waals surface area contributed by atoms with Crippen LogP contribution >= 0.6 is 0 Å². The first-order chi connectivity index (χ1) is 8.50. The minimum Gasteiger partial charge on any atom is -0.356 e. The number of nitrogen functional groups attached to an aromatic ring is 1. The number of piperidine rings is 1. The van der Waals surface area contributed by atoms with Crippen molar-refractivity contribution in [1.82, 2.24) is 9.97 Å². The monoisotopic (exact) mass is 261 g/mol. The van der Waals surface area contributed by atoms with Crippen molar-refractivity contribution in [2.45, 2.75) is 19.0 Å². The largest absolute Gasteiger partial charge is 0.393 e. The molecule has 1 atom stereocenters. The van der Waals surface area contributed by atoms with E-state index in [4.69, 9.17) is 5.84 Å². The van der Waals surface area contributed by atoms with Crippen LogP contribution in [0.2, 0.25) is 0 Å². The molecule has 5 nitrogen and oxygen atoms in total. The van der Waals surface area contributed by atoms with E-state index in [9.17, 15) is 13.2 Å². The number of hydrogen-bond acceptors (Lipinski definition) is 5. The summed E-state index contributed by atoms with van der Waals surface area (Å²) in [5.74, 6) is 4.76. The third-order valence-corrected chi connectivity index (χ3v) is 3.01. The average Bonchev–Trinajstić information content (AvgIpc) is 2.38. The van der Waals surface area contributed by atoms with Gasteiger partial charge in [-0.3, -0.25) is 0 Å². The molecule has 0 spiro atoms. The number of hydrogen-bond donors (Lipinski definition) is 2. The minimum absolute atomic E-state index is 0.0650. The molecule has 18 heavy (non-hydrogen) atoms. The van der Waals surface area contributed by atoms with Gasteiger partial charge in [-0.15, -0.1) is 0 Å². The molecule has 0 saturated carbocycles. The predicted molar refractivity (Wildman–Crippen MR) is 60.8 cm³/mol. The lowest BCUT2D eigenvalue weighted by Gasteiger charge is -2.34. The van der Waals surface area contributed by atoms with Gasteiger partial charge in [0.15, 0.2) is 0 Å². The van der Waals surface area contributed by atoms with Gasteiger partial charge in [-0.2, -0.15) is 13.2 Å². The van der Waals surface area contributed by atoms with Gasteiger partial charge in [0.05, 0.1) is 5.92 Å². The third kappa shape index (κ3) is 2.81. The van der Waals surface area contributed by atoms with Crippen molar-refractivity contribution < 1.29 is 13.2 Å². The van der Waals surface area contributed by atoms with Crippen LogP contribution < -0.4 is 16.2 Å². The van der Waals surface area contributed by atoms with Crippen LogP contribution in [0.1, 0.15) is 12.8 Å². The summed E-state index contributed by atoms with van der Waals surface area (Å²) in [7, 11) is 0. The summed E-state index contributed by atoms with van der Waals surface area (Å²) in [6, 6.07) is 1.54. The molecule has 0 amide bonds. The van der Waals surface area contributed by atoms with Gasteiger partial charge in [0.1, 0.15) is 18.0 Å². The second-order valence-electron chi connectivity index (χ2n) is 4.23. The van der Waals surface area contributed by atoms with E-state index in [2.05, 4.69) is 15.4 Å². The highest BCUT2D eigenvalue weighted by Gasteiger charge is 2.42. The maximum atomic E-state index is 12.7. The van der Waals surface area contributed by atoms with Crippen LogP contribution in [-0.4, -0.2) is 29.2 Å². The van der Waals surface area contributed by atoms with Crippen LogP contribution in [0.4, 0.5) is 24.8 Å². The van der Waals surface area contributed by atoms with Gasteiger partial charge in [0.2, 0.25) is 0 Å². The molecule has 0 aliphatic carbocycles. The van der Waals surface area contributed by atoms with E-state index in [-0.39, 0.29) is 13.0 Å². The van der Waals surface area contributed by atoms with E-state index >= 15 is 0 Å². The molecule has 1 aliphatic rings. The first kappa shape index (κ1) is 12.9. The lowest BCUT2D eigenvalue weighted by atomic mass is 9.97. The molecule has 1 unspecified atom stereocenters. The van der Waals surface area contributed by atoms with E-state index in [1.54, 1.807) is 11.0 Å². The summed E-state index contributed by atoms with van der Waals surface area (Å²) in [5.41, 5.74) is 2.35. The maximum absolute atomic E-state index is 12.7. The quantitative estimate of drug-likeness (QED) is 0.624. The number of rotatable bonds is 2. The fourth-order valence-corrected chi connectivity index (χ4v) is 2.05. The number of nitrogens with zero attached hydrogens (tertiary/aromatic N) is 3. The van der Waals surface area contributed by atoms with Crippen LogP contribution in [-0.2, 0) is 0 Å². The standard InChI is InChI=1S/C10H14F3N5/c11-10(12,13)7-2-1-3-18(5-7)9-4-8(17-14)15-6-16-9/h4,6-7H,1-3,5,14H2,(H,15,16,17). The molecule has 100 valence electrons. The van der Waals surface area contributed by atoms with E-state index in [1.165, 1.54) is 6.33 Å². The van der Waals surface area contributed by atoms with Gasteiger partial charge in [-0.25, -0.2) is 15.8 Å². The number of halogens is 3. The van der Waals surface area contributed by atoms with Gasteiger partial charge in [0.25, 0.3) is 0 Å². The zero-order chi connectivity index (χ0) is 13.2. The highest BCUT2D eigenvalue weighted by molar-refractivity contribution is 5.48. The van der Waals surface area contributed by atoms with E-state index in [0.717, 1.165) is 0 Å². The van der Waals surface area contributed by atoms with Crippen LogP contribution in [0.15, 0.2) is 12.4 Å². The molecule has 3 N–H and O–H groups in total. The second kappa shape index (κ2) is 4.97. The second-order valence-corrected chi connectivity index (χ2v) is 4.23.